The van der Waals surface area contributed by atoms with Crippen LogP contribution in [-0.4, -0.2) is 53.2 Å². The van der Waals surface area contributed by atoms with E-state index in [1.54, 1.807) is 7.11 Å². The molecule has 0 saturated carbocycles. The molecule has 0 saturated heterocycles. The zero-order chi connectivity index (χ0) is 9.94. The zero-order valence-electron chi connectivity index (χ0n) is 8.84. The van der Waals surface area contributed by atoms with Gasteiger partial charge < -0.3 is 19.5 Å². The summed E-state index contributed by atoms with van der Waals surface area (Å²) < 4.78 is 15.5. The lowest BCUT2D eigenvalue weighted by Crippen LogP contribution is -2.25. The van der Waals surface area contributed by atoms with Gasteiger partial charge in [0.1, 0.15) is 0 Å². The van der Waals surface area contributed by atoms with Crippen molar-refractivity contribution in [3.05, 3.63) is 0 Å². The van der Waals surface area contributed by atoms with Crippen LogP contribution in [0.25, 0.3) is 0 Å². The summed E-state index contributed by atoms with van der Waals surface area (Å²) in [7, 11) is 3.57. The van der Waals surface area contributed by atoms with E-state index < -0.39 is 0 Å². The molecular weight excluding hydrogens is 170 g/mol. The predicted molar refractivity (Wildman–Crippen MR) is 52.0 cm³/mol. The first kappa shape index (κ1) is 12.8. The van der Waals surface area contributed by atoms with Gasteiger partial charge in [0, 0.05) is 13.7 Å². The fraction of sp³-hybridized carbons (Fsp3) is 1.00. The molecule has 0 aromatic carbocycles. The third-order valence-corrected chi connectivity index (χ3v) is 1.55. The molecule has 0 aromatic heterocycles. The number of nitrogens with one attached hydrogen (secondary N) is 1. The third kappa shape index (κ3) is 9.76. The third-order valence-electron chi connectivity index (χ3n) is 1.55. The molecule has 0 bridgehead atoms. The average molecular weight is 191 g/mol. The van der Waals surface area contributed by atoms with E-state index in [9.17, 15) is 0 Å². The minimum atomic E-state index is 0.246. The molecule has 4 nitrogen and oxygen atoms in total. The van der Waals surface area contributed by atoms with Crippen LogP contribution in [0.4, 0.5) is 0 Å². The van der Waals surface area contributed by atoms with Gasteiger partial charge in [-0.15, -0.1) is 0 Å². The SMILES string of the molecule is CNCC(C)OCCOCCOC. The van der Waals surface area contributed by atoms with E-state index in [0.717, 1.165) is 6.54 Å². The van der Waals surface area contributed by atoms with Crippen molar-refractivity contribution in [2.45, 2.75) is 13.0 Å². The Morgan fingerprint density at radius 1 is 1.15 bits per heavy atom. The normalized spacial score (nSPS) is 13.2. The maximum Gasteiger partial charge on any atom is 0.0704 e. The zero-order valence-corrected chi connectivity index (χ0v) is 8.84. The van der Waals surface area contributed by atoms with Crippen LogP contribution in [0.2, 0.25) is 0 Å². The van der Waals surface area contributed by atoms with Crippen molar-refractivity contribution in [1.82, 2.24) is 5.32 Å². The fourth-order valence-electron chi connectivity index (χ4n) is 0.899. The summed E-state index contributed by atoms with van der Waals surface area (Å²) in [5, 5.41) is 3.04. The van der Waals surface area contributed by atoms with Crippen molar-refractivity contribution in [3.63, 3.8) is 0 Å². The fourth-order valence-corrected chi connectivity index (χ4v) is 0.899. The van der Waals surface area contributed by atoms with Crippen LogP contribution in [0.1, 0.15) is 6.92 Å². The van der Waals surface area contributed by atoms with Crippen LogP contribution >= 0.6 is 0 Å². The first-order valence-electron chi connectivity index (χ1n) is 4.64. The van der Waals surface area contributed by atoms with Gasteiger partial charge in [-0.3, -0.25) is 0 Å². The first-order valence-corrected chi connectivity index (χ1v) is 4.64. The van der Waals surface area contributed by atoms with E-state index in [1.807, 2.05) is 14.0 Å². The minimum Gasteiger partial charge on any atom is -0.382 e. The quantitative estimate of drug-likeness (QED) is 0.531. The number of ether oxygens (including phenoxy) is 3. The highest BCUT2D eigenvalue weighted by molar-refractivity contribution is 4.50. The Hall–Kier alpha value is -0.160. The van der Waals surface area contributed by atoms with Crippen molar-refractivity contribution < 1.29 is 14.2 Å². The Kier molecular flexibility index (Phi) is 9.80. The molecule has 0 aliphatic carbocycles. The van der Waals surface area contributed by atoms with E-state index in [-0.39, 0.29) is 6.10 Å². The van der Waals surface area contributed by atoms with Crippen LogP contribution in [-0.2, 0) is 14.2 Å². The highest BCUT2D eigenvalue weighted by Crippen LogP contribution is 1.88. The van der Waals surface area contributed by atoms with Crippen LogP contribution in [0.15, 0.2) is 0 Å². The molecule has 0 aliphatic heterocycles. The predicted octanol–water partition coefficient (Wildman–Crippen LogP) is 0.274. The summed E-state index contributed by atoms with van der Waals surface area (Å²) in [6.45, 7) is 5.47. The number of hydrogen-bond donors (Lipinski definition) is 1. The Labute approximate surface area is 80.5 Å². The topological polar surface area (TPSA) is 39.7 Å². The Balaban J connectivity index is 2.97. The van der Waals surface area contributed by atoms with Crippen LogP contribution in [0.3, 0.4) is 0 Å². The summed E-state index contributed by atoms with van der Waals surface area (Å²) in [6, 6.07) is 0. The molecule has 0 radical (unpaired) electrons. The molecule has 1 N–H and O–H groups in total. The molecule has 80 valence electrons. The molecule has 0 fully saturated rings. The molecular formula is C9H21NO3. The summed E-state index contributed by atoms with van der Waals surface area (Å²) in [5.41, 5.74) is 0. The number of likely N-dealkylation sites (N-methyl/N-ethyl adjacent to an activating group) is 1. The van der Waals surface area contributed by atoms with Crippen LogP contribution in [0, 0.1) is 0 Å². The summed E-state index contributed by atoms with van der Waals surface area (Å²) in [4.78, 5) is 0. The average Bonchev–Trinajstić information content (AvgIpc) is 2.11. The van der Waals surface area contributed by atoms with Gasteiger partial charge in [-0.2, -0.15) is 0 Å². The van der Waals surface area contributed by atoms with Crippen LogP contribution in [0.5, 0.6) is 0 Å². The molecule has 13 heavy (non-hydrogen) atoms. The Bertz CT molecular complexity index is 101. The van der Waals surface area contributed by atoms with Crippen molar-refractivity contribution >= 4 is 0 Å². The molecule has 1 unspecified atom stereocenters. The lowest BCUT2D eigenvalue weighted by atomic mass is 10.4. The van der Waals surface area contributed by atoms with Crippen molar-refractivity contribution in [3.8, 4) is 0 Å². The summed E-state index contributed by atoms with van der Waals surface area (Å²) in [5.74, 6) is 0. The molecule has 0 aromatic rings. The first-order chi connectivity index (χ1) is 6.31. The molecule has 0 spiro atoms. The molecule has 0 rings (SSSR count). The van der Waals surface area contributed by atoms with E-state index in [1.165, 1.54) is 0 Å². The molecule has 0 heterocycles. The maximum absolute atomic E-state index is 5.43. The lowest BCUT2D eigenvalue weighted by Gasteiger charge is -2.12. The van der Waals surface area contributed by atoms with Gasteiger partial charge in [-0.25, -0.2) is 0 Å². The number of rotatable bonds is 9. The summed E-state index contributed by atoms with van der Waals surface area (Å²) in [6.07, 6.45) is 0.246. The molecule has 0 aliphatic rings. The largest absolute Gasteiger partial charge is 0.382 e. The second kappa shape index (κ2) is 9.92. The highest BCUT2D eigenvalue weighted by atomic mass is 16.5. The van der Waals surface area contributed by atoms with E-state index >= 15 is 0 Å². The van der Waals surface area contributed by atoms with Gasteiger partial charge in [0.15, 0.2) is 0 Å². The van der Waals surface area contributed by atoms with Crippen LogP contribution < -0.4 is 5.32 Å². The second-order valence-electron chi connectivity index (χ2n) is 2.84. The van der Waals surface area contributed by atoms with E-state index in [0.29, 0.717) is 26.4 Å². The number of methoxy groups -OCH3 is 1. The van der Waals surface area contributed by atoms with Gasteiger partial charge in [0.25, 0.3) is 0 Å². The molecule has 1 atom stereocenters. The van der Waals surface area contributed by atoms with E-state index in [4.69, 9.17) is 14.2 Å². The monoisotopic (exact) mass is 191 g/mol. The van der Waals surface area contributed by atoms with Gasteiger partial charge in [0.2, 0.25) is 0 Å². The Morgan fingerprint density at radius 2 is 1.85 bits per heavy atom. The van der Waals surface area contributed by atoms with Gasteiger partial charge in [-0.05, 0) is 14.0 Å². The molecule has 0 amide bonds. The van der Waals surface area contributed by atoms with Crippen molar-refractivity contribution in [2.75, 3.05) is 47.1 Å². The van der Waals surface area contributed by atoms with Crippen molar-refractivity contribution in [1.29, 1.82) is 0 Å². The van der Waals surface area contributed by atoms with Crippen molar-refractivity contribution in [2.24, 2.45) is 0 Å². The van der Waals surface area contributed by atoms with Gasteiger partial charge in [-0.1, -0.05) is 0 Å². The standard InChI is InChI=1S/C9H21NO3/c1-9(8-10-2)13-7-6-12-5-4-11-3/h9-10H,4-8H2,1-3H3. The maximum atomic E-state index is 5.43. The Morgan fingerprint density at radius 3 is 2.46 bits per heavy atom. The van der Waals surface area contributed by atoms with Gasteiger partial charge >= 0.3 is 0 Å². The number of hydrogen-bond acceptors (Lipinski definition) is 4. The second-order valence-corrected chi connectivity index (χ2v) is 2.84. The van der Waals surface area contributed by atoms with Gasteiger partial charge in [0.05, 0.1) is 32.5 Å². The minimum absolute atomic E-state index is 0.246. The molecule has 4 heteroatoms. The summed E-state index contributed by atoms with van der Waals surface area (Å²) >= 11 is 0. The lowest BCUT2D eigenvalue weighted by molar-refractivity contribution is 0.000590. The van der Waals surface area contributed by atoms with E-state index in [2.05, 4.69) is 5.32 Å². The smallest absolute Gasteiger partial charge is 0.0704 e. The highest BCUT2D eigenvalue weighted by Gasteiger charge is 1.98.